The number of aryl methyl sites for hydroxylation is 1. The minimum Gasteiger partial charge on any atom is -0.472 e. The number of hydrogen-bond acceptors (Lipinski definition) is 7. The number of hydrogen-bond donors (Lipinski definition) is 1. The Morgan fingerprint density at radius 3 is 2.70 bits per heavy atom. The van der Waals surface area contributed by atoms with Crippen LogP contribution < -0.4 is 9.46 Å². The van der Waals surface area contributed by atoms with E-state index >= 15 is 0 Å². The molecular weight excluding hydrogens is 390 g/mol. The summed E-state index contributed by atoms with van der Waals surface area (Å²) < 4.78 is 58.7. The Morgan fingerprint density at radius 1 is 1.44 bits per heavy atom. The second-order valence-corrected chi connectivity index (χ2v) is 7.08. The molecule has 0 radical (unpaired) electrons. The van der Waals surface area contributed by atoms with Crippen molar-refractivity contribution in [1.29, 1.82) is 0 Å². The molecular formula is C13H18F2N6O5S. The van der Waals surface area contributed by atoms with Crippen molar-refractivity contribution in [3.63, 3.8) is 0 Å². The van der Waals surface area contributed by atoms with E-state index in [2.05, 4.69) is 14.9 Å². The molecule has 0 amide bonds. The van der Waals surface area contributed by atoms with Crippen LogP contribution in [0, 0.1) is 17.0 Å². The van der Waals surface area contributed by atoms with Crippen LogP contribution in [-0.2, 0) is 16.6 Å². The van der Waals surface area contributed by atoms with E-state index in [1.807, 2.05) is 0 Å². The van der Waals surface area contributed by atoms with Gasteiger partial charge < -0.3 is 4.74 Å². The lowest BCUT2D eigenvalue weighted by atomic mass is 10.4. The molecule has 14 heteroatoms. The van der Waals surface area contributed by atoms with Gasteiger partial charge in [-0.3, -0.25) is 14.8 Å². The number of rotatable bonds is 10. The van der Waals surface area contributed by atoms with E-state index in [4.69, 9.17) is 4.74 Å². The zero-order valence-corrected chi connectivity index (χ0v) is 15.3. The predicted octanol–water partition coefficient (Wildman–Crippen LogP) is 1.46. The quantitative estimate of drug-likeness (QED) is 0.357. The van der Waals surface area contributed by atoms with E-state index in [-0.39, 0.29) is 48.3 Å². The van der Waals surface area contributed by atoms with Crippen LogP contribution >= 0.6 is 0 Å². The van der Waals surface area contributed by atoms with Crippen LogP contribution in [0.15, 0.2) is 17.3 Å². The van der Waals surface area contributed by atoms with E-state index in [1.165, 1.54) is 17.8 Å². The third-order valence-corrected chi connectivity index (χ3v) is 5.08. The summed E-state index contributed by atoms with van der Waals surface area (Å²) in [6.07, 6.45) is 2.30. The first kappa shape index (κ1) is 20.7. The van der Waals surface area contributed by atoms with Crippen LogP contribution in [0.4, 0.5) is 14.5 Å². The van der Waals surface area contributed by atoms with E-state index in [0.29, 0.717) is 4.68 Å². The molecule has 11 nitrogen and oxygen atoms in total. The second kappa shape index (κ2) is 8.39. The molecule has 0 aliphatic carbocycles. The van der Waals surface area contributed by atoms with Gasteiger partial charge in [0.25, 0.3) is 0 Å². The number of ether oxygens (including phenoxy) is 1. The third-order valence-electron chi connectivity index (χ3n) is 3.52. The van der Waals surface area contributed by atoms with Gasteiger partial charge in [-0.2, -0.15) is 13.9 Å². The first-order valence-electron chi connectivity index (χ1n) is 7.84. The van der Waals surface area contributed by atoms with Crippen LogP contribution in [0.1, 0.15) is 25.6 Å². The monoisotopic (exact) mass is 408 g/mol. The van der Waals surface area contributed by atoms with E-state index in [1.54, 1.807) is 6.92 Å². The van der Waals surface area contributed by atoms with E-state index in [0.717, 1.165) is 6.20 Å². The van der Waals surface area contributed by atoms with Gasteiger partial charge in [0.15, 0.2) is 0 Å². The fourth-order valence-corrected chi connectivity index (χ4v) is 3.50. The Morgan fingerprint density at radius 2 is 2.15 bits per heavy atom. The summed E-state index contributed by atoms with van der Waals surface area (Å²) >= 11 is 0. The van der Waals surface area contributed by atoms with Gasteiger partial charge in [0.2, 0.25) is 10.0 Å². The normalized spacial score (nSPS) is 11.9. The van der Waals surface area contributed by atoms with Gasteiger partial charge in [-0.05, 0) is 20.3 Å². The standard InChI is InChI=1S/C13H18F2N6O5S/c1-3-26-12-10(21(22)23)8-19(18-12)6-4-5-17-27(24,25)11-7-16-20(9(11)2)13(14)15/h7-8,13,17H,3-6H2,1-2H3. The smallest absolute Gasteiger partial charge is 0.350 e. The van der Waals surface area contributed by atoms with Gasteiger partial charge in [-0.15, -0.1) is 5.10 Å². The Labute approximate surface area is 153 Å². The Balaban J connectivity index is 1.96. The summed E-state index contributed by atoms with van der Waals surface area (Å²) in [4.78, 5) is 9.97. The maximum atomic E-state index is 12.7. The Kier molecular flexibility index (Phi) is 6.43. The van der Waals surface area contributed by atoms with Crippen molar-refractivity contribution >= 4 is 15.7 Å². The lowest BCUT2D eigenvalue weighted by molar-refractivity contribution is -0.385. The summed E-state index contributed by atoms with van der Waals surface area (Å²) in [5.74, 6) is -0.113. The fourth-order valence-electron chi connectivity index (χ4n) is 2.27. The molecule has 0 saturated heterocycles. The number of nitrogens with one attached hydrogen (secondary N) is 1. The summed E-state index contributed by atoms with van der Waals surface area (Å²) in [7, 11) is -4.01. The zero-order chi connectivity index (χ0) is 20.2. The molecule has 2 aromatic rings. The number of nitro groups is 1. The van der Waals surface area contributed by atoms with Gasteiger partial charge in [0.1, 0.15) is 11.1 Å². The molecule has 0 spiro atoms. The SMILES string of the molecule is CCOc1nn(CCCNS(=O)(=O)c2cnn(C(F)F)c2C)cc1[N+](=O)[O-]. The highest BCUT2D eigenvalue weighted by atomic mass is 32.2. The first-order valence-corrected chi connectivity index (χ1v) is 9.32. The fraction of sp³-hybridized carbons (Fsp3) is 0.538. The maximum absolute atomic E-state index is 12.7. The van der Waals surface area contributed by atoms with Gasteiger partial charge in [-0.25, -0.2) is 17.8 Å². The molecule has 0 aromatic carbocycles. The maximum Gasteiger partial charge on any atom is 0.350 e. The molecule has 0 bridgehead atoms. The molecule has 2 heterocycles. The molecule has 150 valence electrons. The van der Waals surface area contributed by atoms with Crippen LogP contribution in [0.2, 0.25) is 0 Å². The summed E-state index contributed by atoms with van der Waals surface area (Å²) in [6, 6.07) is 0. The third kappa shape index (κ3) is 4.77. The molecule has 2 aromatic heterocycles. The summed E-state index contributed by atoms with van der Waals surface area (Å²) in [5, 5.41) is 18.2. The lowest BCUT2D eigenvalue weighted by Crippen LogP contribution is -2.26. The molecule has 0 saturated carbocycles. The molecule has 0 fully saturated rings. The van der Waals surface area contributed by atoms with Gasteiger partial charge in [0, 0.05) is 13.1 Å². The molecule has 1 N–H and O–H groups in total. The van der Waals surface area contributed by atoms with Gasteiger partial charge >= 0.3 is 18.1 Å². The van der Waals surface area contributed by atoms with E-state index < -0.39 is 21.5 Å². The van der Waals surface area contributed by atoms with Gasteiger partial charge in [0.05, 0.1) is 23.4 Å². The van der Waals surface area contributed by atoms with Crippen molar-refractivity contribution in [3.8, 4) is 5.88 Å². The van der Waals surface area contributed by atoms with Crippen LogP contribution in [0.5, 0.6) is 5.88 Å². The van der Waals surface area contributed by atoms with Crippen LogP contribution in [0.3, 0.4) is 0 Å². The van der Waals surface area contributed by atoms with Crippen molar-refractivity contribution in [2.75, 3.05) is 13.2 Å². The van der Waals surface area contributed by atoms with Crippen molar-refractivity contribution in [2.24, 2.45) is 0 Å². The topological polar surface area (TPSA) is 134 Å². The molecule has 2 rings (SSSR count). The van der Waals surface area contributed by atoms with Gasteiger partial charge in [-0.1, -0.05) is 0 Å². The predicted molar refractivity (Wildman–Crippen MR) is 88.1 cm³/mol. The average molecular weight is 408 g/mol. The summed E-state index contributed by atoms with van der Waals surface area (Å²) in [5.41, 5.74) is -0.464. The molecule has 0 atom stereocenters. The van der Waals surface area contributed by atoms with Crippen molar-refractivity contribution in [3.05, 3.63) is 28.2 Å². The zero-order valence-electron chi connectivity index (χ0n) is 14.5. The minimum atomic E-state index is -4.01. The highest BCUT2D eigenvalue weighted by molar-refractivity contribution is 7.89. The molecule has 27 heavy (non-hydrogen) atoms. The minimum absolute atomic E-state index is 0.0285. The number of aromatic nitrogens is 4. The highest BCUT2D eigenvalue weighted by Gasteiger charge is 2.24. The molecule has 0 aliphatic heterocycles. The Bertz CT molecular complexity index is 910. The summed E-state index contributed by atoms with van der Waals surface area (Å²) in [6.45, 7) is 0.319. The van der Waals surface area contributed by atoms with Crippen LogP contribution in [-0.4, -0.2) is 46.1 Å². The average Bonchev–Trinajstić information content (AvgIpc) is 3.16. The number of nitrogens with zero attached hydrogens (tertiary/aromatic N) is 5. The lowest BCUT2D eigenvalue weighted by Gasteiger charge is -2.07. The molecule has 0 aliphatic rings. The van der Waals surface area contributed by atoms with Crippen molar-refractivity contribution < 1.29 is 26.9 Å². The van der Waals surface area contributed by atoms with E-state index in [9.17, 15) is 27.3 Å². The molecule has 0 unspecified atom stereocenters. The van der Waals surface area contributed by atoms with Crippen molar-refractivity contribution in [2.45, 2.75) is 38.3 Å². The highest BCUT2D eigenvalue weighted by Crippen LogP contribution is 2.24. The number of alkyl halides is 2. The Hall–Kier alpha value is -2.61. The van der Waals surface area contributed by atoms with Crippen molar-refractivity contribution in [1.82, 2.24) is 24.3 Å². The van der Waals surface area contributed by atoms with Crippen LogP contribution in [0.25, 0.3) is 0 Å². The number of sulfonamides is 1. The largest absolute Gasteiger partial charge is 0.472 e. The second-order valence-electron chi connectivity index (χ2n) is 5.34. The first-order chi connectivity index (χ1) is 12.7. The number of halogens is 2.